The van der Waals surface area contributed by atoms with Crippen LogP contribution in [-0.4, -0.2) is 47.1 Å². The molecule has 0 aromatic heterocycles. The predicted molar refractivity (Wildman–Crippen MR) is 80.3 cm³/mol. The molecule has 0 amide bonds. The number of hydrogen-bond donors (Lipinski definition) is 2. The number of aliphatic hydroxyl groups is 1. The summed E-state index contributed by atoms with van der Waals surface area (Å²) in [6.07, 6.45) is 1.02. The number of benzene rings is 1. The molecule has 0 heterocycles. The minimum absolute atomic E-state index is 0.0356. The Morgan fingerprint density at radius 1 is 1.29 bits per heavy atom. The molecule has 0 unspecified atom stereocenters. The van der Waals surface area contributed by atoms with Crippen LogP contribution in [0.15, 0.2) is 23.1 Å². The molecule has 0 radical (unpaired) electrons. The molecule has 0 aliphatic rings. The Labute approximate surface area is 129 Å². The molecule has 0 atom stereocenters. The summed E-state index contributed by atoms with van der Waals surface area (Å²) >= 11 is 5.89. The summed E-state index contributed by atoms with van der Waals surface area (Å²) in [5.41, 5.74) is 0.462. The summed E-state index contributed by atoms with van der Waals surface area (Å²) in [5, 5.41) is 8.55. The molecule has 2 N–H and O–H groups in total. The minimum Gasteiger partial charge on any atom is -0.384 e. The van der Waals surface area contributed by atoms with Gasteiger partial charge in [-0.05, 0) is 18.2 Å². The zero-order chi connectivity index (χ0) is 16.1. The van der Waals surface area contributed by atoms with Gasteiger partial charge in [0.25, 0.3) is 0 Å². The first kappa shape index (κ1) is 17.9. The molecule has 1 aromatic rings. The molecule has 0 fully saturated rings. The highest BCUT2D eigenvalue weighted by Gasteiger charge is 2.18. The third-order valence-electron chi connectivity index (χ3n) is 2.30. The van der Waals surface area contributed by atoms with Gasteiger partial charge in [0.2, 0.25) is 10.0 Å². The number of halogens is 1. The maximum absolute atomic E-state index is 12.0. The van der Waals surface area contributed by atoms with Crippen LogP contribution in [0.1, 0.15) is 5.56 Å². The molecule has 0 spiro atoms. The van der Waals surface area contributed by atoms with Gasteiger partial charge < -0.3 is 5.11 Å². The molecule has 0 saturated carbocycles. The molecule has 116 valence electrons. The van der Waals surface area contributed by atoms with Crippen LogP contribution in [0.25, 0.3) is 0 Å². The van der Waals surface area contributed by atoms with Crippen molar-refractivity contribution in [3.05, 3.63) is 28.8 Å². The summed E-state index contributed by atoms with van der Waals surface area (Å²) in [5.74, 6) is 4.71. The highest BCUT2D eigenvalue weighted by atomic mass is 35.5. The Kier molecular flexibility index (Phi) is 6.19. The second kappa shape index (κ2) is 7.24. The van der Waals surface area contributed by atoms with Crippen molar-refractivity contribution in [2.45, 2.75) is 4.90 Å². The zero-order valence-corrected chi connectivity index (χ0v) is 13.5. The highest BCUT2D eigenvalue weighted by molar-refractivity contribution is 7.91. The summed E-state index contributed by atoms with van der Waals surface area (Å²) < 4.78 is 48.1. The van der Waals surface area contributed by atoms with Crippen molar-refractivity contribution in [3.63, 3.8) is 0 Å². The van der Waals surface area contributed by atoms with Crippen molar-refractivity contribution in [1.29, 1.82) is 0 Å². The first-order chi connectivity index (χ1) is 9.65. The van der Waals surface area contributed by atoms with Crippen molar-refractivity contribution in [3.8, 4) is 11.8 Å². The van der Waals surface area contributed by atoms with E-state index in [0.29, 0.717) is 5.56 Å². The largest absolute Gasteiger partial charge is 0.384 e. The van der Waals surface area contributed by atoms with E-state index in [-0.39, 0.29) is 28.8 Å². The molecule has 1 rings (SSSR count). The van der Waals surface area contributed by atoms with Gasteiger partial charge in [-0.15, -0.1) is 0 Å². The van der Waals surface area contributed by atoms with E-state index in [2.05, 4.69) is 16.6 Å². The van der Waals surface area contributed by atoms with Crippen LogP contribution >= 0.6 is 11.6 Å². The van der Waals surface area contributed by atoms with E-state index < -0.39 is 19.9 Å². The SMILES string of the molecule is CS(=O)(=O)CCNS(=O)(=O)c1ccc(C#CCO)cc1Cl. The lowest BCUT2D eigenvalue weighted by Gasteiger charge is -2.08. The maximum Gasteiger partial charge on any atom is 0.242 e. The Morgan fingerprint density at radius 2 is 1.95 bits per heavy atom. The standard InChI is InChI=1S/C12H14ClNO5S2/c1-20(16,17)8-6-14-21(18,19)12-5-4-10(3-2-7-15)9-11(12)13/h4-5,9,14-15H,6-8H2,1H3. The molecule has 0 aliphatic carbocycles. The number of rotatable bonds is 5. The molecule has 6 nitrogen and oxygen atoms in total. The van der Waals surface area contributed by atoms with Gasteiger partial charge >= 0.3 is 0 Å². The van der Waals surface area contributed by atoms with Crippen molar-refractivity contribution in [2.24, 2.45) is 0 Å². The number of sulfonamides is 1. The second-order valence-corrected chi connectivity index (χ2v) is 8.54. The molecular formula is C12H14ClNO5S2. The fourth-order valence-electron chi connectivity index (χ4n) is 1.38. The van der Waals surface area contributed by atoms with Gasteiger partial charge in [-0.1, -0.05) is 23.4 Å². The summed E-state index contributed by atoms with van der Waals surface area (Å²) in [6, 6.07) is 4.07. The third kappa shape index (κ3) is 6.03. The van der Waals surface area contributed by atoms with Crippen LogP contribution in [0.2, 0.25) is 5.02 Å². The van der Waals surface area contributed by atoms with Crippen LogP contribution in [-0.2, 0) is 19.9 Å². The molecule has 1 aromatic carbocycles. The molecule has 9 heteroatoms. The number of sulfone groups is 1. The summed E-state index contributed by atoms with van der Waals surface area (Å²) in [4.78, 5) is -0.160. The monoisotopic (exact) mass is 351 g/mol. The molecular weight excluding hydrogens is 338 g/mol. The van der Waals surface area contributed by atoms with E-state index >= 15 is 0 Å². The van der Waals surface area contributed by atoms with Crippen LogP contribution in [0.4, 0.5) is 0 Å². The van der Waals surface area contributed by atoms with Crippen LogP contribution in [0, 0.1) is 11.8 Å². The average Bonchev–Trinajstić information content (AvgIpc) is 2.34. The van der Waals surface area contributed by atoms with Gasteiger partial charge in [0.1, 0.15) is 21.3 Å². The molecule has 0 aliphatic heterocycles. The second-order valence-electron chi connectivity index (χ2n) is 4.13. The Morgan fingerprint density at radius 3 is 2.48 bits per heavy atom. The fourth-order valence-corrected chi connectivity index (χ4v) is 3.55. The van der Waals surface area contributed by atoms with Gasteiger partial charge in [0.15, 0.2) is 0 Å². The van der Waals surface area contributed by atoms with Crippen LogP contribution in [0.3, 0.4) is 0 Å². The van der Waals surface area contributed by atoms with E-state index in [0.717, 1.165) is 6.26 Å². The predicted octanol–water partition coefficient (Wildman–Crippen LogP) is 0.00670. The maximum atomic E-state index is 12.0. The highest BCUT2D eigenvalue weighted by Crippen LogP contribution is 2.22. The molecule has 0 bridgehead atoms. The minimum atomic E-state index is -3.89. The first-order valence-electron chi connectivity index (χ1n) is 5.72. The third-order valence-corrected chi connectivity index (χ3v) is 5.19. The summed E-state index contributed by atoms with van der Waals surface area (Å²) in [6.45, 7) is -0.547. The van der Waals surface area contributed by atoms with Crippen molar-refractivity contribution >= 4 is 31.5 Å². The van der Waals surface area contributed by atoms with Gasteiger partial charge in [-0.3, -0.25) is 0 Å². The van der Waals surface area contributed by atoms with E-state index in [4.69, 9.17) is 16.7 Å². The van der Waals surface area contributed by atoms with Crippen LogP contribution < -0.4 is 4.72 Å². The zero-order valence-electron chi connectivity index (χ0n) is 11.1. The fraction of sp³-hybridized carbons (Fsp3) is 0.333. The van der Waals surface area contributed by atoms with Gasteiger partial charge in [0.05, 0.1) is 10.8 Å². The van der Waals surface area contributed by atoms with Gasteiger partial charge in [-0.25, -0.2) is 21.6 Å². The normalized spacial score (nSPS) is 11.8. The quantitative estimate of drug-likeness (QED) is 0.728. The van der Waals surface area contributed by atoms with Gasteiger partial charge in [0, 0.05) is 18.4 Å². The number of aliphatic hydroxyl groups excluding tert-OH is 1. The van der Waals surface area contributed by atoms with E-state index in [9.17, 15) is 16.8 Å². The lowest BCUT2D eigenvalue weighted by atomic mass is 10.2. The van der Waals surface area contributed by atoms with Crippen LogP contribution in [0.5, 0.6) is 0 Å². The smallest absolute Gasteiger partial charge is 0.242 e. The first-order valence-corrected chi connectivity index (χ1v) is 9.64. The number of nitrogens with one attached hydrogen (secondary N) is 1. The van der Waals surface area contributed by atoms with Crippen molar-refractivity contribution in [1.82, 2.24) is 4.72 Å². The van der Waals surface area contributed by atoms with E-state index in [1.54, 1.807) is 0 Å². The Bertz CT molecular complexity index is 776. The van der Waals surface area contributed by atoms with Crippen molar-refractivity contribution in [2.75, 3.05) is 25.2 Å². The Balaban J connectivity index is 2.94. The van der Waals surface area contributed by atoms with Crippen molar-refractivity contribution < 1.29 is 21.9 Å². The molecule has 21 heavy (non-hydrogen) atoms. The Hall–Kier alpha value is -1.11. The topological polar surface area (TPSA) is 101 Å². The van der Waals surface area contributed by atoms with E-state index in [1.165, 1.54) is 18.2 Å². The average molecular weight is 352 g/mol. The molecule has 0 saturated heterocycles. The lowest BCUT2D eigenvalue weighted by Crippen LogP contribution is -2.29. The van der Waals surface area contributed by atoms with Gasteiger partial charge in [-0.2, -0.15) is 0 Å². The lowest BCUT2D eigenvalue weighted by molar-refractivity contribution is 0.350. The summed E-state index contributed by atoms with van der Waals surface area (Å²) in [7, 11) is -7.15. The van der Waals surface area contributed by atoms with E-state index in [1.807, 2.05) is 0 Å². The number of hydrogen-bond acceptors (Lipinski definition) is 5.